The average molecular weight is 368 g/mol. The first-order chi connectivity index (χ1) is 9.93. The van der Waals surface area contributed by atoms with Crippen LogP contribution in [0.5, 0.6) is 0 Å². The minimum atomic E-state index is 0.363. The largest absolute Gasteiger partial charge is 0.280 e. The minimum Gasteiger partial charge on any atom is -0.280 e. The summed E-state index contributed by atoms with van der Waals surface area (Å²) in [5, 5.41) is 4.46. The molecule has 0 saturated carbocycles. The van der Waals surface area contributed by atoms with Crippen LogP contribution in [0.1, 0.15) is 22.6 Å². The van der Waals surface area contributed by atoms with Crippen molar-refractivity contribution in [3.63, 3.8) is 0 Å². The molecule has 0 atom stereocenters. The van der Waals surface area contributed by atoms with Gasteiger partial charge < -0.3 is 0 Å². The van der Waals surface area contributed by atoms with Crippen LogP contribution in [-0.2, 0) is 12.9 Å². The topological polar surface area (TPSA) is 35.6 Å². The number of rotatable bonds is 2. The fraction of sp³-hybridized carbons (Fsp3) is 0.333. The van der Waals surface area contributed by atoms with E-state index in [0.717, 1.165) is 32.8 Å². The molecule has 0 bridgehead atoms. The number of alkyl halides is 1. The summed E-state index contributed by atoms with van der Waals surface area (Å²) in [5.41, 5.74) is 6.24. The van der Waals surface area contributed by atoms with Gasteiger partial charge in [-0.3, -0.25) is 4.57 Å². The first kappa shape index (κ1) is 14.6. The second kappa shape index (κ2) is 5.14. The third kappa shape index (κ3) is 2.19. The molecule has 0 fully saturated rings. The van der Waals surface area contributed by atoms with Crippen LogP contribution in [0.4, 0.5) is 0 Å². The van der Waals surface area contributed by atoms with E-state index in [9.17, 15) is 0 Å². The smallest absolute Gasteiger partial charge is 0.163 e. The van der Waals surface area contributed by atoms with E-state index in [2.05, 4.69) is 56.6 Å². The fourth-order valence-electron chi connectivity index (χ4n) is 2.73. The highest BCUT2D eigenvalue weighted by molar-refractivity contribution is 9.10. The zero-order valence-electron chi connectivity index (χ0n) is 12.4. The predicted octanol–water partition coefficient (Wildman–Crippen LogP) is 4.19. The van der Waals surface area contributed by atoms with Gasteiger partial charge in [0.15, 0.2) is 5.65 Å². The van der Waals surface area contributed by atoms with E-state index in [4.69, 9.17) is 11.6 Å². The van der Waals surface area contributed by atoms with Crippen molar-refractivity contribution >= 4 is 38.7 Å². The van der Waals surface area contributed by atoms with E-state index >= 15 is 0 Å². The van der Waals surface area contributed by atoms with Crippen molar-refractivity contribution in [2.24, 2.45) is 7.05 Å². The van der Waals surface area contributed by atoms with Crippen molar-refractivity contribution < 1.29 is 0 Å². The zero-order valence-corrected chi connectivity index (χ0v) is 14.7. The van der Waals surface area contributed by atoms with Gasteiger partial charge in [-0.15, -0.1) is 11.6 Å². The fourth-order valence-corrected chi connectivity index (χ4v) is 3.14. The lowest BCUT2D eigenvalue weighted by Gasteiger charge is -2.12. The number of fused-ring (bicyclic) bond motifs is 1. The summed E-state index contributed by atoms with van der Waals surface area (Å²) in [7, 11) is 1.93. The maximum Gasteiger partial charge on any atom is 0.163 e. The summed E-state index contributed by atoms with van der Waals surface area (Å²) < 4.78 is 5.09. The summed E-state index contributed by atoms with van der Waals surface area (Å²) in [5.74, 6) is 1.20. The van der Waals surface area contributed by atoms with E-state index in [1.807, 2.05) is 18.7 Å². The maximum absolute atomic E-state index is 6.10. The molecule has 110 valence electrons. The Labute approximate surface area is 136 Å². The molecular formula is C15H16BrClN4. The molecule has 2 heterocycles. The van der Waals surface area contributed by atoms with Crippen molar-refractivity contribution in [2.45, 2.75) is 26.7 Å². The summed E-state index contributed by atoms with van der Waals surface area (Å²) in [6.07, 6.45) is 0. The van der Waals surface area contributed by atoms with Crippen LogP contribution >= 0.6 is 27.5 Å². The van der Waals surface area contributed by atoms with E-state index < -0.39 is 0 Å². The molecule has 1 aromatic carbocycles. The molecule has 4 nitrogen and oxygen atoms in total. The molecule has 0 N–H and O–H groups in total. The predicted molar refractivity (Wildman–Crippen MR) is 89.3 cm³/mol. The summed E-state index contributed by atoms with van der Waals surface area (Å²) in [6, 6.07) is 4.27. The second-order valence-electron chi connectivity index (χ2n) is 5.27. The van der Waals surface area contributed by atoms with Crippen LogP contribution in [-0.4, -0.2) is 19.3 Å². The molecule has 21 heavy (non-hydrogen) atoms. The highest BCUT2D eigenvalue weighted by Gasteiger charge is 2.18. The Kier molecular flexibility index (Phi) is 3.58. The number of nitrogens with zero attached hydrogens (tertiary/aromatic N) is 4. The van der Waals surface area contributed by atoms with E-state index in [1.165, 1.54) is 11.1 Å². The Balaban J connectivity index is 2.38. The molecule has 0 aliphatic heterocycles. The molecule has 0 unspecified atom stereocenters. The molecule has 0 spiro atoms. The van der Waals surface area contributed by atoms with Gasteiger partial charge in [0.05, 0.1) is 11.6 Å². The van der Waals surface area contributed by atoms with Gasteiger partial charge in [-0.1, -0.05) is 15.9 Å². The number of aromatic nitrogens is 4. The second-order valence-corrected chi connectivity index (χ2v) is 6.33. The highest BCUT2D eigenvalue weighted by atomic mass is 79.9. The van der Waals surface area contributed by atoms with Crippen LogP contribution in [0.2, 0.25) is 0 Å². The molecule has 0 radical (unpaired) electrons. The molecule has 3 rings (SSSR count). The lowest BCUT2D eigenvalue weighted by atomic mass is 10.1. The van der Waals surface area contributed by atoms with Gasteiger partial charge >= 0.3 is 0 Å². The molecule has 3 aromatic rings. The molecule has 0 saturated heterocycles. The van der Waals surface area contributed by atoms with Crippen molar-refractivity contribution in [1.82, 2.24) is 19.3 Å². The normalized spacial score (nSPS) is 11.5. The van der Waals surface area contributed by atoms with Crippen molar-refractivity contribution in [3.05, 3.63) is 39.3 Å². The lowest BCUT2D eigenvalue weighted by molar-refractivity contribution is 0.755. The number of hydrogen-bond donors (Lipinski definition) is 0. The molecule has 0 aliphatic carbocycles. The Hall–Kier alpha value is -1.33. The third-order valence-corrected chi connectivity index (χ3v) is 5.16. The number of halogens is 2. The Bertz CT molecular complexity index is 824. The zero-order chi connectivity index (χ0) is 15.3. The van der Waals surface area contributed by atoms with E-state index in [0.29, 0.717) is 5.88 Å². The SMILES string of the molecule is Cc1cc(-n2c(CCl)nc3c(C)nn(C)c32)cc(C)c1Br. The Morgan fingerprint density at radius 2 is 1.81 bits per heavy atom. The molecular weight excluding hydrogens is 352 g/mol. The minimum absolute atomic E-state index is 0.363. The summed E-state index contributed by atoms with van der Waals surface area (Å²) in [4.78, 5) is 4.65. The lowest BCUT2D eigenvalue weighted by Crippen LogP contribution is -2.05. The highest BCUT2D eigenvalue weighted by Crippen LogP contribution is 2.29. The Morgan fingerprint density at radius 3 is 2.38 bits per heavy atom. The molecule has 0 aliphatic rings. The van der Waals surface area contributed by atoms with Crippen LogP contribution in [0.3, 0.4) is 0 Å². The van der Waals surface area contributed by atoms with Gasteiger partial charge in [0, 0.05) is 17.2 Å². The quantitative estimate of drug-likeness (QED) is 0.637. The standard InChI is InChI=1S/C15H16BrClN4/c1-8-5-11(6-9(2)13(8)16)21-12(7-17)18-14-10(3)19-20(4)15(14)21/h5-6H,7H2,1-4H3. The number of aryl methyl sites for hydroxylation is 4. The van der Waals surface area contributed by atoms with Gasteiger partial charge in [-0.05, 0) is 44.0 Å². The van der Waals surface area contributed by atoms with Crippen LogP contribution < -0.4 is 0 Å². The van der Waals surface area contributed by atoms with E-state index in [1.54, 1.807) is 0 Å². The van der Waals surface area contributed by atoms with Gasteiger partial charge in [0.1, 0.15) is 11.3 Å². The van der Waals surface area contributed by atoms with Crippen molar-refractivity contribution in [2.75, 3.05) is 0 Å². The van der Waals surface area contributed by atoms with E-state index in [-0.39, 0.29) is 0 Å². The first-order valence-corrected chi connectivity index (χ1v) is 8.00. The van der Waals surface area contributed by atoms with Gasteiger partial charge in [-0.2, -0.15) is 5.10 Å². The number of imidazole rings is 1. The van der Waals surface area contributed by atoms with Gasteiger partial charge in [0.2, 0.25) is 0 Å². The average Bonchev–Trinajstić information content (AvgIpc) is 2.94. The van der Waals surface area contributed by atoms with Crippen LogP contribution in [0, 0.1) is 20.8 Å². The molecule has 0 amide bonds. The molecule has 2 aromatic heterocycles. The summed E-state index contributed by atoms with van der Waals surface area (Å²) in [6.45, 7) is 6.14. The van der Waals surface area contributed by atoms with Crippen LogP contribution in [0.15, 0.2) is 16.6 Å². The number of hydrogen-bond acceptors (Lipinski definition) is 2. The Morgan fingerprint density at radius 1 is 1.19 bits per heavy atom. The summed E-state index contributed by atoms with van der Waals surface area (Å²) >= 11 is 9.72. The first-order valence-electron chi connectivity index (χ1n) is 6.68. The third-order valence-electron chi connectivity index (χ3n) is 3.67. The monoisotopic (exact) mass is 366 g/mol. The number of benzene rings is 1. The molecule has 6 heteroatoms. The van der Waals surface area contributed by atoms with Gasteiger partial charge in [0.25, 0.3) is 0 Å². The van der Waals surface area contributed by atoms with Gasteiger partial charge in [-0.25, -0.2) is 9.67 Å². The van der Waals surface area contributed by atoms with Crippen LogP contribution in [0.25, 0.3) is 16.9 Å². The van der Waals surface area contributed by atoms with Crippen molar-refractivity contribution in [1.29, 1.82) is 0 Å². The maximum atomic E-state index is 6.10. The van der Waals surface area contributed by atoms with Crippen molar-refractivity contribution in [3.8, 4) is 5.69 Å².